The number of benzene rings is 1. The van der Waals surface area contributed by atoms with Crippen LogP contribution in [-0.4, -0.2) is 42.9 Å². The topological polar surface area (TPSA) is 9.23 Å². The van der Waals surface area contributed by atoms with Crippen molar-refractivity contribution >= 4 is 0 Å². The number of rotatable bonds is 7. The van der Waals surface area contributed by atoms with Crippen molar-refractivity contribution in [1.82, 2.24) is 0 Å². The maximum absolute atomic E-state index is 14.0. The van der Waals surface area contributed by atoms with Crippen molar-refractivity contribution in [2.45, 2.75) is 41.9 Å². The molecule has 1 atom stereocenters. The second kappa shape index (κ2) is 6.95. The van der Waals surface area contributed by atoms with E-state index in [0.717, 1.165) is 18.2 Å². The van der Waals surface area contributed by atoms with Gasteiger partial charge in [0.05, 0.1) is 0 Å². The molecule has 1 unspecified atom stereocenters. The smallest absolute Gasteiger partial charge is 0.370 e. The largest absolute Gasteiger partial charge is 0.460 e. The van der Waals surface area contributed by atoms with Gasteiger partial charge in [0.2, 0.25) is 0 Å². The molecule has 0 aliphatic carbocycles. The molecule has 0 bridgehead atoms. The molecule has 0 aliphatic rings. The van der Waals surface area contributed by atoms with Crippen molar-refractivity contribution in [2.75, 3.05) is 7.11 Å². The second-order valence-corrected chi connectivity index (χ2v) is 5.44. The van der Waals surface area contributed by atoms with Crippen molar-refractivity contribution in [3.63, 3.8) is 0 Å². The predicted molar refractivity (Wildman–Crippen MR) is 67.0 cm³/mol. The van der Waals surface area contributed by atoms with Gasteiger partial charge in [-0.05, 0) is 5.56 Å². The molecule has 0 spiro atoms. The fraction of sp³-hybridized carbons (Fsp3) is 0.571. The average Bonchev–Trinajstić information content (AvgIpc) is 2.54. The molecule has 1 aromatic carbocycles. The highest BCUT2D eigenvalue weighted by molar-refractivity contribution is 5.23. The fourth-order valence-electron chi connectivity index (χ4n) is 2.07. The van der Waals surface area contributed by atoms with Crippen LogP contribution in [0.5, 0.6) is 0 Å². The van der Waals surface area contributed by atoms with Crippen molar-refractivity contribution in [3.05, 3.63) is 35.9 Å². The van der Waals surface area contributed by atoms with Crippen LogP contribution in [0.15, 0.2) is 30.3 Å². The number of hydrogen-bond acceptors (Lipinski definition) is 1. The minimum absolute atomic E-state index is 0.280. The minimum atomic E-state index is -7.93. The van der Waals surface area contributed by atoms with Crippen molar-refractivity contribution in [2.24, 2.45) is 0 Å². The first kappa shape index (κ1) is 24.3. The van der Waals surface area contributed by atoms with Crippen LogP contribution in [0.2, 0.25) is 0 Å². The van der Waals surface area contributed by atoms with Crippen LogP contribution in [0, 0.1) is 0 Å². The Morgan fingerprint density at radius 3 is 1.36 bits per heavy atom. The molecule has 0 aromatic heterocycles. The Balaban J connectivity index is 3.57. The van der Waals surface area contributed by atoms with Gasteiger partial charge in [-0.2, -0.15) is 57.1 Å². The lowest BCUT2D eigenvalue weighted by molar-refractivity contribution is -0.445. The van der Waals surface area contributed by atoms with E-state index in [9.17, 15) is 57.1 Å². The summed E-state index contributed by atoms with van der Waals surface area (Å²) in [5.41, 5.74) is -0.962. The lowest BCUT2D eigenvalue weighted by Gasteiger charge is -2.41. The van der Waals surface area contributed by atoms with Gasteiger partial charge in [0, 0.05) is 7.11 Å². The molecule has 28 heavy (non-hydrogen) atoms. The van der Waals surface area contributed by atoms with E-state index in [1.165, 1.54) is 0 Å². The summed E-state index contributed by atoms with van der Waals surface area (Å²) in [7, 11) is 0.280. The van der Waals surface area contributed by atoms with Crippen molar-refractivity contribution in [3.8, 4) is 0 Å². The highest BCUT2D eigenvalue weighted by atomic mass is 19.4. The van der Waals surface area contributed by atoms with Crippen molar-refractivity contribution < 1.29 is 61.8 Å². The zero-order valence-electron chi connectivity index (χ0n) is 13.3. The summed E-state index contributed by atoms with van der Waals surface area (Å²) < 4.78 is 174. The molecule has 0 saturated heterocycles. The van der Waals surface area contributed by atoms with E-state index in [0.29, 0.717) is 12.1 Å². The van der Waals surface area contributed by atoms with Gasteiger partial charge in [0.15, 0.2) is 6.10 Å². The molecule has 0 aliphatic heterocycles. The molecule has 0 saturated carbocycles. The zero-order valence-corrected chi connectivity index (χ0v) is 13.3. The van der Waals surface area contributed by atoms with Crippen LogP contribution in [0.3, 0.4) is 0 Å². The van der Waals surface area contributed by atoms with E-state index >= 15 is 0 Å². The van der Waals surface area contributed by atoms with Gasteiger partial charge in [-0.15, -0.1) is 0 Å². The number of alkyl halides is 13. The van der Waals surface area contributed by atoms with Gasteiger partial charge in [0.25, 0.3) is 0 Å². The average molecular weight is 440 g/mol. The third-order valence-corrected chi connectivity index (χ3v) is 3.62. The highest BCUT2D eigenvalue weighted by Gasteiger charge is 2.91. The fourth-order valence-corrected chi connectivity index (χ4v) is 2.07. The van der Waals surface area contributed by atoms with E-state index in [4.69, 9.17) is 0 Å². The van der Waals surface area contributed by atoms with E-state index in [1.54, 1.807) is 0 Å². The Morgan fingerprint density at radius 1 is 0.607 bits per heavy atom. The van der Waals surface area contributed by atoms with E-state index in [-0.39, 0.29) is 7.11 Å². The number of methoxy groups -OCH3 is 1. The predicted octanol–water partition coefficient (Wildman–Crippen LogP) is 6.11. The molecule has 0 heterocycles. The van der Waals surface area contributed by atoms with Crippen LogP contribution in [0.4, 0.5) is 57.1 Å². The summed E-state index contributed by atoms with van der Waals surface area (Å²) in [6.45, 7) is 0. The molecule has 1 aromatic rings. The van der Waals surface area contributed by atoms with Gasteiger partial charge in [-0.3, -0.25) is 0 Å². The SMILES string of the molecule is COC(c1ccccc1)C(F)(F)C(F)(F)C(F)(F)C(F)(F)C(F)(F)C(F)(F)F. The Morgan fingerprint density at radius 2 is 1.00 bits per heavy atom. The van der Waals surface area contributed by atoms with Gasteiger partial charge < -0.3 is 4.74 Å². The summed E-state index contributed by atoms with van der Waals surface area (Å²) in [5, 5.41) is 0. The van der Waals surface area contributed by atoms with Gasteiger partial charge in [-0.25, -0.2) is 0 Å². The van der Waals surface area contributed by atoms with Crippen LogP contribution in [0.25, 0.3) is 0 Å². The zero-order chi connectivity index (χ0) is 22.4. The number of hydrogen-bond donors (Lipinski definition) is 0. The molecule has 162 valence electrons. The Bertz CT molecular complexity index is 666. The summed E-state index contributed by atoms with van der Waals surface area (Å²) in [6, 6.07) is 4.26. The first-order valence-electron chi connectivity index (χ1n) is 6.84. The Labute approximate surface area is 148 Å². The summed E-state index contributed by atoms with van der Waals surface area (Å²) in [4.78, 5) is 0. The van der Waals surface area contributed by atoms with Gasteiger partial charge >= 0.3 is 35.8 Å². The van der Waals surface area contributed by atoms with Crippen LogP contribution in [-0.2, 0) is 4.74 Å². The summed E-state index contributed by atoms with van der Waals surface area (Å²) in [6.07, 6.45) is -10.8. The molecule has 0 fully saturated rings. The van der Waals surface area contributed by atoms with Crippen molar-refractivity contribution in [1.29, 1.82) is 0 Å². The molecule has 0 amide bonds. The monoisotopic (exact) mass is 440 g/mol. The first-order valence-corrected chi connectivity index (χ1v) is 6.84. The molecular weight excluding hydrogens is 431 g/mol. The van der Waals surface area contributed by atoms with E-state index in [2.05, 4.69) is 4.74 Å². The quantitative estimate of drug-likeness (QED) is 0.465. The normalized spacial score (nSPS) is 16.2. The number of ether oxygens (including phenoxy) is 1. The lowest BCUT2D eigenvalue weighted by atomic mass is 9.89. The molecule has 0 radical (unpaired) electrons. The standard InChI is InChI=1S/C14H9F13O/c1-28-8(7-5-3-2-4-6-7)9(15,16)10(17,18)11(19,20)12(21,22)13(23,24)14(25,26)27/h2-6,8H,1H3. The lowest BCUT2D eigenvalue weighted by Crippen LogP contribution is -2.70. The second-order valence-electron chi connectivity index (χ2n) is 5.44. The molecular formula is C14H9F13O. The summed E-state index contributed by atoms with van der Waals surface area (Å²) >= 11 is 0. The highest BCUT2D eigenvalue weighted by Crippen LogP contribution is 2.62. The van der Waals surface area contributed by atoms with Crippen LogP contribution < -0.4 is 0 Å². The maximum Gasteiger partial charge on any atom is 0.460 e. The van der Waals surface area contributed by atoms with Gasteiger partial charge in [0.1, 0.15) is 0 Å². The summed E-state index contributed by atoms with van der Waals surface area (Å²) in [5.74, 6) is -37.3. The Hall–Kier alpha value is -1.73. The molecule has 1 rings (SSSR count). The third kappa shape index (κ3) is 3.28. The minimum Gasteiger partial charge on any atom is -0.370 e. The van der Waals surface area contributed by atoms with Crippen LogP contribution in [0.1, 0.15) is 11.7 Å². The molecule has 14 heteroatoms. The van der Waals surface area contributed by atoms with Crippen LogP contribution >= 0.6 is 0 Å². The Kier molecular flexibility index (Phi) is 6.04. The molecule has 0 N–H and O–H groups in total. The van der Waals surface area contributed by atoms with E-state index in [1.807, 2.05) is 0 Å². The molecule has 1 nitrogen and oxygen atoms in total. The maximum atomic E-state index is 14.0. The van der Waals surface area contributed by atoms with Gasteiger partial charge in [-0.1, -0.05) is 30.3 Å². The first-order chi connectivity index (χ1) is 12.3. The third-order valence-electron chi connectivity index (χ3n) is 3.62. The van der Waals surface area contributed by atoms with E-state index < -0.39 is 47.5 Å². The number of halogens is 13.